The largest absolute Gasteiger partial charge is 0.342 e. The van der Waals surface area contributed by atoms with Crippen LogP contribution in [0.15, 0.2) is 46.0 Å². The second-order valence-electron chi connectivity index (χ2n) is 17.8. The molecule has 2 aliphatic carbocycles. The molecule has 0 saturated carbocycles. The van der Waals surface area contributed by atoms with Crippen molar-refractivity contribution in [2.45, 2.75) is 74.4 Å². The predicted octanol–water partition coefficient (Wildman–Crippen LogP) is 5.07. The van der Waals surface area contributed by atoms with E-state index in [1.54, 1.807) is 23.1 Å². The molecule has 4 atom stereocenters. The lowest BCUT2D eigenvalue weighted by Gasteiger charge is -2.18. The molecular formula is C40H54N8O3. The third-order valence-electron chi connectivity index (χ3n) is 11.0. The molecule has 0 spiro atoms. The number of pyridine rings is 2. The fourth-order valence-electron chi connectivity index (χ4n) is 8.49. The lowest BCUT2D eigenvalue weighted by atomic mass is 9.97. The molecule has 11 heteroatoms. The van der Waals surface area contributed by atoms with Gasteiger partial charge in [-0.1, -0.05) is 53.7 Å². The Labute approximate surface area is 300 Å². The Morgan fingerprint density at radius 2 is 1.22 bits per heavy atom. The zero-order valence-electron chi connectivity index (χ0n) is 31.8. The molecule has 0 bridgehead atoms. The normalized spacial score (nSPS) is 23.0. The SMILES string of the molecule is CC(=O)N1CC2C=C(c3ccc4c(n3)n(C)c(=O)n4CC(C)(C)C)CC2C1.Cn1c(=O)n(CC(C)(C)C)c2ccc(C3=CC4CNCC4C3)nc21. The number of aryl methyl sites for hydroxylation is 2. The Balaban J connectivity index is 0.000000160. The van der Waals surface area contributed by atoms with E-state index in [0.29, 0.717) is 36.8 Å². The maximum absolute atomic E-state index is 12.7. The smallest absolute Gasteiger partial charge is 0.330 e. The number of likely N-dealkylation sites (tertiary alicyclic amines) is 1. The Hall–Kier alpha value is -4.25. The number of nitrogens with zero attached hydrogens (tertiary/aromatic N) is 7. The summed E-state index contributed by atoms with van der Waals surface area (Å²) >= 11 is 0. The average molecular weight is 695 g/mol. The zero-order valence-corrected chi connectivity index (χ0v) is 31.8. The molecule has 11 nitrogen and oxygen atoms in total. The van der Waals surface area contributed by atoms with Gasteiger partial charge < -0.3 is 10.2 Å². The molecule has 1 amide bonds. The van der Waals surface area contributed by atoms with Gasteiger partial charge in [-0.15, -0.1) is 0 Å². The first kappa shape index (κ1) is 35.2. The van der Waals surface area contributed by atoms with Crippen LogP contribution in [0.4, 0.5) is 0 Å². The molecular weight excluding hydrogens is 640 g/mol. The lowest BCUT2D eigenvalue weighted by Crippen LogP contribution is -2.27. The summed E-state index contributed by atoms with van der Waals surface area (Å²) < 4.78 is 7.02. The van der Waals surface area contributed by atoms with Gasteiger partial charge in [0.2, 0.25) is 5.91 Å². The molecule has 2 aliphatic heterocycles. The number of carbonyl (C=O) groups excluding carboxylic acids is 1. The van der Waals surface area contributed by atoms with Gasteiger partial charge in [0.15, 0.2) is 11.3 Å². The minimum absolute atomic E-state index is 0.0149. The molecule has 0 radical (unpaired) electrons. The van der Waals surface area contributed by atoms with E-state index in [0.717, 1.165) is 72.7 Å². The Bertz CT molecular complexity index is 2200. The second kappa shape index (κ2) is 12.8. The Morgan fingerprint density at radius 1 is 0.725 bits per heavy atom. The van der Waals surface area contributed by atoms with E-state index in [-0.39, 0.29) is 28.1 Å². The van der Waals surface area contributed by atoms with E-state index in [2.05, 4.69) is 71.1 Å². The van der Waals surface area contributed by atoms with Gasteiger partial charge in [-0.25, -0.2) is 19.6 Å². The van der Waals surface area contributed by atoms with E-state index >= 15 is 0 Å². The van der Waals surface area contributed by atoms with Crippen molar-refractivity contribution in [3.63, 3.8) is 0 Å². The summed E-state index contributed by atoms with van der Waals surface area (Å²) in [5.74, 6) is 2.44. The number of nitrogens with one attached hydrogen (secondary N) is 1. The van der Waals surface area contributed by atoms with Gasteiger partial charge in [-0.05, 0) is 89.3 Å². The minimum atomic E-state index is -0.0149. The molecule has 4 aromatic rings. The lowest BCUT2D eigenvalue weighted by molar-refractivity contribution is -0.128. The molecule has 4 unspecified atom stereocenters. The standard InChI is InChI=1S/C21H28N4O2.C19H26N4O/c1-13(26)24-10-15-8-14(9-16(15)11-24)17-6-7-18-19(22-17)23(5)20(27)25(18)12-21(2,3)4;1-19(2,3)11-23-16-6-5-15(21-17(16)22(4)18(23)24)12-7-13-9-20-10-14(13)8-12/h6-8,15-16H,9-12H2,1-5H3;5-7,13-14,20H,8-11H2,1-4H3. The van der Waals surface area contributed by atoms with E-state index in [4.69, 9.17) is 9.97 Å². The van der Waals surface area contributed by atoms with Crippen molar-refractivity contribution in [3.8, 4) is 0 Å². The highest BCUT2D eigenvalue weighted by Gasteiger charge is 2.38. The number of carbonyl (C=O) groups is 1. The van der Waals surface area contributed by atoms with Gasteiger partial charge in [-0.2, -0.15) is 0 Å². The van der Waals surface area contributed by atoms with Gasteiger partial charge in [0.25, 0.3) is 0 Å². The first-order valence-corrected chi connectivity index (χ1v) is 18.5. The van der Waals surface area contributed by atoms with Gasteiger partial charge in [0.05, 0.1) is 22.4 Å². The zero-order chi connectivity index (χ0) is 36.6. The number of imidazole rings is 2. The first-order valence-electron chi connectivity index (χ1n) is 18.5. The molecule has 2 saturated heterocycles. The van der Waals surface area contributed by atoms with Crippen molar-refractivity contribution < 1.29 is 4.79 Å². The van der Waals surface area contributed by atoms with Crippen LogP contribution in [-0.4, -0.2) is 65.2 Å². The summed E-state index contributed by atoms with van der Waals surface area (Å²) in [6.07, 6.45) is 6.70. The Morgan fingerprint density at radius 3 is 1.67 bits per heavy atom. The van der Waals surface area contributed by atoms with Crippen LogP contribution < -0.4 is 16.7 Å². The summed E-state index contributed by atoms with van der Waals surface area (Å²) in [6, 6.07) is 8.22. The van der Waals surface area contributed by atoms with Crippen molar-refractivity contribution >= 4 is 39.4 Å². The van der Waals surface area contributed by atoms with Crippen molar-refractivity contribution in [3.05, 3.63) is 68.8 Å². The molecule has 272 valence electrons. The molecule has 8 rings (SSSR count). The van der Waals surface area contributed by atoms with Crippen LogP contribution >= 0.6 is 0 Å². The van der Waals surface area contributed by atoms with E-state index in [9.17, 15) is 14.4 Å². The number of aromatic nitrogens is 6. The fourth-order valence-corrected chi connectivity index (χ4v) is 8.49. The second-order valence-corrected chi connectivity index (χ2v) is 17.8. The average Bonchev–Trinajstić information content (AvgIpc) is 3.89. The van der Waals surface area contributed by atoms with Crippen LogP contribution in [0.25, 0.3) is 33.5 Å². The summed E-state index contributed by atoms with van der Waals surface area (Å²) in [7, 11) is 3.62. The molecule has 6 heterocycles. The van der Waals surface area contributed by atoms with Gasteiger partial charge in [0.1, 0.15) is 0 Å². The van der Waals surface area contributed by atoms with Gasteiger partial charge in [-0.3, -0.25) is 23.1 Å². The highest BCUT2D eigenvalue weighted by atomic mass is 16.2. The summed E-state index contributed by atoms with van der Waals surface area (Å²) in [5.41, 5.74) is 7.99. The maximum Gasteiger partial charge on any atom is 0.330 e. The third-order valence-corrected chi connectivity index (χ3v) is 11.0. The van der Waals surface area contributed by atoms with E-state index < -0.39 is 0 Å². The topological polar surface area (TPSA) is 112 Å². The molecule has 2 fully saturated rings. The summed E-state index contributed by atoms with van der Waals surface area (Å²) in [4.78, 5) is 48.5. The van der Waals surface area contributed by atoms with Crippen LogP contribution in [-0.2, 0) is 32.0 Å². The molecule has 0 aromatic carbocycles. The summed E-state index contributed by atoms with van der Waals surface area (Å²) in [6.45, 7) is 19.7. The van der Waals surface area contributed by atoms with Gasteiger partial charge >= 0.3 is 11.4 Å². The molecule has 4 aliphatic rings. The Kier molecular flexibility index (Phi) is 8.80. The van der Waals surface area contributed by atoms with Crippen LogP contribution in [0.3, 0.4) is 0 Å². The number of hydrogen-bond donors (Lipinski definition) is 1. The quantitative estimate of drug-likeness (QED) is 0.320. The molecule has 51 heavy (non-hydrogen) atoms. The number of fused-ring (bicyclic) bond motifs is 4. The van der Waals surface area contributed by atoms with Crippen molar-refractivity contribution in [1.82, 2.24) is 38.5 Å². The fraction of sp³-hybridized carbons (Fsp3) is 0.575. The number of amides is 1. The van der Waals surface area contributed by atoms with Crippen LogP contribution in [0, 0.1) is 34.5 Å². The van der Waals surface area contributed by atoms with Crippen molar-refractivity contribution in [2.24, 2.45) is 48.6 Å². The van der Waals surface area contributed by atoms with E-state index in [1.807, 2.05) is 33.2 Å². The maximum atomic E-state index is 12.7. The highest BCUT2D eigenvalue weighted by Crippen LogP contribution is 2.41. The molecule has 1 N–H and O–H groups in total. The first-order chi connectivity index (χ1) is 24.0. The molecule has 4 aromatic heterocycles. The third kappa shape index (κ3) is 6.77. The number of hydrogen-bond acceptors (Lipinski definition) is 6. The van der Waals surface area contributed by atoms with Crippen LogP contribution in [0.1, 0.15) is 72.7 Å². The van der Waals surface area contributed by atoms with Crippen LogP contribution in [0.2, 0.25) is 0 Å². The predicted molar refractivity (Wildman–Crippen MR) is 203 cm³/mol. The monoisotopic (exact) mass is 694 g/mol. The number of rotatable bonds is 4. The minimum Gasteiger partial charge on any atom is -0.342 e. The van der Waals surface area contributed by atoms with Crippen molar-refractivity contribution in [1.29, 1.82) is 0 Å². The summed E-state index contributed by atoms with van der Waals surface area (Å²) in [5, 5.41) is 3.45. The van der Waals surface area contributed by atoms with Crippen molar-refractivity contribution in [2.75, 3.05) is 26.2 Å². The van der Waals surface area contributed by atoms with Crippen LogP contribution in [0.5, 0.6) is 0 Å². The highest BCUT2D eigenvalue weighted by molar-refractivity contribution is 5.78. The van der Waals surface area contributed by atoms with Gasteiger partial charge in [0, 0.05) is 53.7 Å². The number of allylic oxidation sites excluding steroid dienone is 2. The van der Waals surface area contributed by atoms with E-state index in [1.165, 1.54) is 11.1 Å².